The van der Waals surface area contributed by atoms with Crippen molar-refractivity contribution in [3.63, 3.8) is 0 Å². The van der Waals surface area contributed by atoms with Crippen molar-refractivity contribution in [1.82, 2.24) is 10.6 Å². The Morgan fingerprint density at radius 3 is 2.72 bits per heavy atom. The second kappa shape index (κ2) is 5.85. The van der Waals surface area contributed by atoms with Crippen molar-refractivity contribution in [1.29, 1.82) is 0 Å². The highest BCUT2D eigenvalue weighted by Crippen LogP contribution is 2.47. The van der Waals surface area contributed by atoms with E-state index in [9.17, 15) is 4.79 Å². The summed E-state index contributed by atoms with van der Waals surface area (Å²) in [6.07, 6.45) is 3.16. The standard InChI is InChI=1S/C14H19BrN2O/c1-2-9-16-13(18)10-17-14(7-8-14)11-5-3-4-6-12(11)15/h3-6,17H,2,7-10H2,1H3,(H,16,18). The van der Waals surface area contributed by atoms with Crippen LogP contribution in [0.25, 0.3) is 0 Å². The fourth-order valence-electron chi connectivity index (χ4n) is 2.09. The van der Waals surface area contributed by atoms with Crippen molar-refractivity contribution in [3.8, 4) is 0 Å². The first-order valence-corrected chi connectivity index (χ1v) is 7.24. The maximum absolute atomic E-state index is 11.6. The molecule has 0 bridgehead atoms. The van der Waals surface area contributed by atoms with Gasteiger partial charge in [0, 0.05) is 16.6 Å². The Morgan fingerprint density at radius 1 is 1.39 bits per heavy atom. The summed E-state index contributed by atoms with van der Waals surface area (Å²) in [5, 5.41) is 6.28. The normalized spacial score (nSPS) is 16.3. The number of halogens is 1. The first-order valence-electron chi connectivity index (χ1n) is 6.45. The Bertz CT molecular complexity index is 430. The molecule has 0 aromatic heterocycles. The van der Waals surface area contributed by atoms with Crippen molar-refractivity contribution < 1.29 is 4.79 Å². The van der Waals surface area contributed by atoms with Gasteiger partial charge >= 0.3 is 0 Å². The molecule has 0 unspecified atom stereocenters. The van der Waals surface area contributed by atoms with Crippen LogP contribution in [-0.4, -0.2) is 19.0 Å². The third kappa shape index (κ3) is 3.12. The van der Waals surface area contributed by atoms with Gasteiger partial charge in [0.2, 0.25) is 5.91 Å². The quantitative estimate of drug-likeness (QED) is 0.848. The van der Waals surface area contributed by atoms with Crippen molar-refractivity contribution in [2.45, 2.75) is 31.7 Å². The topological polar surface area (TPSA) is 41.1 Å². The van der Waals surface area contributed by atoms with E-state index in [0.717, 1.165) is 30.3 Å². The lowest BCUT2D eigenvalue weighted by Gasteiger charge is -2.19. The Kier molecular flexibility index (Phi) is 4.40. The summed E-state index contributed by atoms with van der Waals surface area (Å²) in [6, 6.07) is 8.22. The van der Waals surface area contributed by atoms with Gasteiger partial charge < -0.3 is 5.32 Å². The second-order valence-electron chi connectivity index (χ2n) is 4.77. The number of carbonyl (C=O) groups is 1. The smallest absolute Gasteiger partial charge is 0.233 e. The highest BCUT2D eigenvalue weighted by Gasteiger charge is 2.45. The van der Waals surface area contributed by atoms with Gasteiger partial charge in [0.05, 0.1) is 6.54 Å². The fraction of sp³-hybridized carbons (Fsp3) is 0.500. The van der Waals surface area contributed by atoms with Gasteiger partial charge in [-0.25, -0.2) is 0 Å². The molecule has 1 aliphatic carbocycles. The molecule has 1 aromatic rings. The molecule has 0 aliphatic heterocycles. The first kappa shape index (κ1) is 13.6. The van der Waals surface area contributed by atoms with E-state index in [2.05, 4.69) is 39.6 Å². The summed E-state index contributed by atoms with van der Waals surface area (Å²) in [5.74, 6) is 0.0789. The average Bonchev–Trinajstić information content (AvgIpc) is 3.15. The monoisotopic (exact) mass is 310 g/mol. The van der Waals surface area contributed by atoms with Crippen LogP contribution in [0.2, 0.25) is 0 Å². The summed E-state index contributed by atoms with van der Waals surface area (Å²) in [6.45, 7) is 3.20. The highest BCUT2D eigenvalue weighted by molar-refractivity contribution is 9.10. The maximum atomic E-state index is 11.6. The minimum Gasteiger partial charge on any atom is -0.355 e. The molecule has 1 fully saturated rings. The van der Waals surface area contributed by atoms with Gasteiger partial charge in [0.1, 0.15) is 0 Å². The van der Waals surface area contributed by atoms with E-state index >= 15 is 0 Å². The van der Waals surface area contributed by atoms with Gasteiger partial charge in [-0.1, -0.05) is 41.1 Å². The predicted octanol–water partition coefficient (Wildman–Crippen LogP) is 2.55. The third-order valence-electron chi connectivity index (χ3n) is 3.30. The van der Waals surface area contributed by atoms with Gasteiger partial charge in [-0.3, -0.25) is 10.1 Å². The molecule has 1 saturated carbocycles. The van der Waals surface area contributed by atoms with Crippen LogP contribution in [-0.2, 0) is 10.3 Å². The Hall–Kier alpha value is -0.870. The van der Waals surface area contributed by atoms with E-state index in [-0.39, 0.29) is 11.4 Å². The molecule has 0 radical (unpaired) electrons. The molecular weight excluding hydrogens is 292 g/mol. The van der Waals surface area contributed by atoms with Gasteiger partial charge in [0.25, 0.3) is 0 Å². The molecule has 3 nitrogen and oxygen atoms in total. The molecule has 1 amide bonds. The zero-order chi connectivity index (χ0) is 13.0. The largest absolute Gasteiger partial charge is 0.355 e. The summed E-state index contributed by atoms with van der Waals surface area (Å²) in [7, 11) is 0. The molecule has 0 heterocycles. The third-order valence-corrected chi connectivity index (χ3v) is 3.99. The number of rotatable bonds is 6. The molecular formula is C14H19BrN2O. The molecule has 98 valence electrons. The molecule has 2 N–H and O–H groups in total. The van der Waals surface area contributed by atoms with E-state index < -0.39 is 0 Å². The molecule has 2 rings (SSSR count). The Morgan fingerprint density at radius 2 is 2.11 bits per heavy atom. The van der Waals surface area contributed by atoms with E-state index in [0.29, 0.717) is 6.54 Å². The fourth-order valence-corrected chi connectivity index (χ4v) is 2.76. The van der Waals surface area contributed by atoms with Crippen molar-refractivity contribution in [2.75, 3.05) is 13.1 Å². The number of carbonyl (C=O) groups excluding carboxylic acids is 1. The number of hydrogen-bond acceptors (Lipinski definition) is 2. The summed E-state index contributed by atoms with van der Waals surface area (Å²) in [4.78, 5) is 11.6. The second-order valence-corrected chi connectivity index (χ2v) is 5.62. The average molecular weight is 311 g/mol. The van der Waals surface area contributed by atoms with Gasteiger partial charge in [0.15, 0.2) is 0 Å². The first-order chi connectivity index (χ1) is 8.68. The number of nitrogens with one attached hydrogen (secondary N) is 2. The molecule has 1 aliphatic rings. The minimum atomic E-state index is 0.00362. The number of amides is 1. The van der Waals surface area contributed by atoms with Gasteiger partial charge in [-0.2, -0.15) is 0 Å². The molecule has 4 heteroatoms. The van der Waals surface area contributed by atoms with Crippen LogP contribution < -0.4 is 10.6 Å². The summed E-state index contributed by atoms with van der Waals surface area (Å²) >= 11 is 3.58. The molecule has 1 aromatic carbocycles. The van der Waals surface area contributed by atoms with E-state index in [4.69, 9.17) is 0 Å². The van der Waals surface area contributed by atoms with Crippen LogP contribution in [0, 0.1) is 0 Å². The van der Waals surface area contributed by atoms with Crippen LogP contribution in [0.5, 0.6) is 0 Å². The Labute approximate surface area is 116 Å². The molecule has 0 atom stereocenters. The molecule has 0 spiro atoms. The SMILES string of the molecule is CCCNC(=O)CNC1(c2ccccc2Br)CC1. The van der Waals surface area contributed by atoms with Crippen LogP contribution in [0.3, 0.4) is 0 Å². The lowest BCUT2D eigenvalue weighted by atomic mass is 10.1. The number of hydrogen-bond donors (Lipinski definition) is 2. The van der Waals surface area contributed by atoms with Crippen LogP contribution >= 0.6 is 15.9 Å². The highest BCUT2D eigenvalue weighted by atomic mass is 79.9. The summed E-state index contributed by atoms with van der Waals surface area (Å²) in [5.41, 5.74) is 1.26. The minimum absolute atomic E-state index is 0.00362. The van der Waals surface area contributed by atoms with E-state index in [1.54, 1.807) is 0 Å². The van der Waals surface area contributed by atoms with Crippen LogP contribution in [0.15, 0.2) is 28.7 Å². The lowest BCUT2D eigenvalue weighted by molar-refractivity contribution is -0.120. The van der Waals surface area contributed by atoms with Gasteiger partial charge in [-0.15, -0.1) is 0 Å². The van der Waals surface area contributed by atoms with Crippen molar-refractivity contribution >= 4 is 21.8 Å². The van der Waals surface area contributed by atoms with Gasteiger partial charge in [-0.05, 0) is 30.9 Å². The van der Waals surface area contributed by atoms with Crippen molar-refractivity contribution in [3.05, 3.63) is 34.3 Å². The Balaban J connectivity index is 1.93. The molecule has 0 saturated heterocycles. The summed E-state index contributed by atoms with van der Waals surface area (Å²) < 4.78 is 1.11. The van der Waals surface area contributed by atoms with Crippen molar-refractivity contribution in [2.24, 2.45) is 0 Å². The van der Waals surface area contributed by atoms with E-state index in [1.165, 1.54) is 5.56 Å². The zero-order valence-corrected chi connectivity index (χ0v) is 12.2. The van der Waals surface area contributed by atoms with Crippen LogP contribution in [0.4, 0.5) is 0 Å². The lowest BCUT2D eigenvalue weighted by Crippen LogP contribution is -2.39. The number of benzene rings is 1. The molecule has 18 heavy (non-hydrogen) atoms. The van der Waals surface area contributed by atoms with Crippen LogP contribution in [0.1, 0.15) is 31.7 Å². The van der Waals surface area contributed by atoms with E-state index in [1.807, 2.05) is 18.2 Å². The maximum Gasteiger partial charge on any atom is 0.233 e. The predicted molar refractivity (Wildman–Crippen MR) is 76.4 cm³/mol. The zero-order valence-electron chi connectivity index (χ0n) is 10.6.